The Labute approximate surface area is 93.1 Å². The summed E-state index contributed by atoms with van der Waals surface area (Å²) in [6.45, 7) is 0. The van der Waals surface area contributed by atoms with Crippen molar-refractivity contribution < 1.29 is 14.3 Å². The van der Waals surface area contributed by atoms with Gasteiger partial charge in [0.1, 0.15) is 10.8 Å². The number of halogens is 1. The average Bonchev–Trinajstić information content (AvgIpc) is 2.28. The van der Waals surface area contributed by atoms with Gasteiger partial charge in [0.25, 0.3) is 0 Å². The molecule has 1 rings (SSSR count). The second kappa shape index (κ2) is 4.89. The van der Waals surface area contributed by atoms with E-state index in [1.165, 1.54) is 20.3 Å². The Kier molecular flexibility index (Phi) is 3.80. The molecule has 0 aliphatic rings. The van der Waals surface area contributed by atoms with Gasteiger partial charge in [-0.05, 0) is 12.1 Å². The molecule has 1 N–H and O–H groups in total. The van der Waals surface area contributed by atoms with Crippen LogP contribution in [0.3, 0.4) is 0 Å². The van der Waals surface area contributed by atoms with Crippen molar-refractivity contribution in [1.29, 1.82) is 0 Å². The van der Waals surface area contributed by atoms with Crippen LogP contribution in [0.15, 0.2) is 12.1 Å². The number of rotatable bonds is 3. The lowest BCUT2D eigenvalue weighted by Gasteiger charge is -2.10. The lowest BCUT2D eigenvalue weighted by atomic mass is 10.2. The van der Waals surface area contributed by atoms with Gasteiger partial charge in [-0.25, -0.2) is 4.79 Å². The fourth-order valence-electron chi connectivity index (χ4n) is 1.16. The second-order valence-corrected chi connectivity index (χ2v) is 3.16. The maximum atomic E-state index is 11.3. The number of hydrogen-bond donors (Lipinski definition) is 1. The molecule has 82 valence electrons. The molecule has 0 fully saturated rings. The van der Waals surface area contributed by atoms with E-state index in [-0.39, 0.29) is 0 Å². The van der Waals surface area contributed by atoms with E-state index in [0.717, 1.165) is 0 Å². The van der Waals surface area contributed by atoms with Gasteiger partial charge in [0.05, 0.1) is 25.5 Å². The van der Waals surface area contributed by atoms with Gasteiger partial charge < -0.3 is 14.8 Å². The summed E-state index contributed by atoms with van der Waals surface area (Å²) in [4.78, 5) is 11.3. The molecule has 0 saturated heterocycles. The van der Waals surface area contributed by atoms with Crippen LogP contribution in [-0.4, -0.2) is 27.2 Å². The molecule has 0 radical (unpaired) electrons. The Morgan fingerprint density at radius 1 is 1.40 bits per heavy atom. The molecule has 1 aromatic rings. The van der Waals surface area contributed by atoms with Gasteiger partial charge in [0, 0.05) is 7.05 Å². The van der Waals surface area contributed by atoms with Gasteiger partial charge in [0.15, 0.2) is 0 Å². The molecule has 15 heavy (non-hydrogen) atoms. The van der Waals surface area contributed by atoms with Crippen molar-refractivity contribution in [3.63, 3.8) is 0 Å². The fraction of sp³-hybridized carbons (Fsp3) is 0.300. The molecule has 0 atom stereocenters. The summed E-state index contributed by atoms with van der Waals surface area (Å²) in [5, 5.41) is 3.31. The number of anilines is 1. The van der Waals surface area contributed by atoms with Crippen molar-refractivity contribution >= 4 is 23.3 Å². The number of hydrogen-bond acceptors (Lipinski definition) is 4. The first-order chi connectivity index (χ1) is 7.13. The van der Waals surface area contributed by atoms with Gasteiger partial charge in [-0.1, -0.05) is 11.6 Å². The third kappa shape index (κ3) is 2.33. The average molecular weight is 230 g/mol. The Hall–Kier alpha value is -1.42. The molecule has 0 amide bonds. The predicted octanol–water partition coefficient (Wildman–Crippen LogP) is 2.18. The van der Waals surface area contributed by atoms with Crippen molar-refractivity contribution in [3.8, 4) is 5.75 Å². The van der Waals surface area contributed by atoms with E-state index < -0.39 is 5.97 Å². The molecule has 0 aliphatic carbocycles. The van der Waals surface area contributed by atoms with Crippen LogP contribution < -0.4 is 10.1 Å². The molecule has 0 bridgehead atoms. The first-order valence-corrected chi connectivity index (χ1v) is 4.65. The Bertz CT molecular complexity index is 354. The molecular formula is C10H12ClNO3. The maximum Gasteiger partial charge on any atom is 0.338 e. The number of nitrogens with one attached hydrogen (secondary N) is 1. The second-order valence-electron chi connectivity index (χ2n) is 2.78. The minimum atomic E-state index is -0.429. The first-order valence-electron chi connectivity index (χ1n) is 4.27. The Balaban J connectivity index is 3.26. The summed E-state index contributed by atoms with van der Waals surface area (Å²) in [6.07, 6.45) is 0. The van der Waals surface area contributed by atoms with E-state index in [0.29, 0.717) is 22.0 Å². The van der Waals surface area contributed by atoms with Crippen LogP contribution >= 0.6 is 11.6 Å². The van der Waals surface area contributed by atoms with E-state index in [9.17, 15) is 4.79 Å². The number of methoxy groups -OCH3 is 2. The van der Waals surface area contributed by atoms with Crippen LogP contribution in [0.2, 0.25) is 5.02 Å². The summed E-state index contributed by atoms with van der Waals surface area (Å²) in [5.41, 5.74) is 1.01. The zero-order valence-electron chi connectivity index (χ0n) is 8.76. The minimum Gasteiger partial charge on any atom is -0.495 e. The summed E-state index contributed by atoms with van der Waals surface area (Å²) in [7, 11) is 4.52. The maximum absolute atomic E-state index is 11.3. The number of carbonyl (C=O) groups is 1. The highest BCUT2D eigenvalue weighted by atomic mass is 35.5. The molecule has 0 heterocycles. The first kappa shape index (κ1) is 11.7. The normalized spacial score (nSPS) is 9.60. The highest BCUT2D eigenvalue weighted by Crippen LogP contribution is 2.33. The van der Waals surface area contributed by atoms with E-state index in [1.807, 2.05) is 0 Å². The molecule has 5 heteroatoms. The fourth-order valence-corrected chi connectivity index (χ4v) is 1.44. The number of esters is 1. The number of benzene rings is 1. The number of ether oxygens (including phenoxy) is 2. The molecule has 1 aromatic carbocycles. The van der Waals surface area contributed by atoms with Crippen LogP contribution in [0, 0.1) is 0 Å². The quantitative estimate of drug-likeness (QED) is 0.807. The SMILES string of the molecule is CNc1cc(C(=O)OC)cc(OC)c1Cl. The van der Waals surface area contributed by atoms with Gasteiger partial charge in [-0.3, -0.25) is 0 Å². The zero-order valence-corrected chi connectivity index (χ0v) is 9.51. The van der Waals surface area contributed by atoms with Crippen molar-refractivity contribution in [2.24, 2.45) is 0 Å². The van der Waals surface area contributed by atoms with Crippen molar-refractivity contribution in [3.05, 3.63) is 22.7 Å². The molecular weight excluding hydrogens is 218 g/mol. The topological polar surface area (TPSA) is 47.6 Å². The monoisotopic (exact) mass is 229 g/mol. The van der Waals surface area contributed by atoms with Crippen LogP contribution in [0.5, 0.6) is 5.75 Å². The Morgan fingerprint density at radius 3 is 2.53 bits per heavy atom. The number of carbonyl (C=O) groups excluding carboxylic acids is 1. The molecule has 0 unspecified atom stereocenters. The zero-order chi connectivity index (χ0) is 11.4. The predicted molar refractivity (Wildman–Crippen MR) is 58.9 cm³/mol. The third-order valence-electron chi connectivity index (χ3n) is 1.95. The van der Waals surface area contributed by atoms with Crippen LogP contribution in [0.4, 0.5) is 5.69 Å². The van der Waals surface area contributed by atoms with Crippen LogP contribution in [-0.2, 0) is 4.74 Å². The molecule has 4 nitrogen and oxygen atoms in total. The molecule has 0 aromatic heterocycles. The van der Waals surface area contributed by atoms with E-state index >= 15 is 0 Å². The van der Waals surface area contributed by atoms with Crippen LogP contribution in [0.1, 0.15) is 10.4 Å². The lowest BCUT2D eigenvalue weighted by Crippen LogP contribution is -2.03. The largest absolute Gasteiger partial charge is 0.495 e. The molecule has 0 spiro atoms. The smallest absolute Gasteiger partial charge is 0.338 e. The van der Waals surface area contributed by atoms with Gasteiger partial charge in [-0.2, -0.15) is 0 Å². The highest BCUT2D eigenvalue weighted by molar-refractivity contribution is 6.34. The summed E-state index contributed by atoms with van der Waals surface area (Å²) < 4.78 is 9.65. The summed E-state index contributed by atoms with van der Waals surface area (Å²) in [5.74, 6) is 0.00498. The van der Waals surface area contributed by atoms with E-state index in [2.05, 4.69) is 10.1 Å². The van der Waals surface area contributed by atoms with E-state index in [1.54, 1.807) is 13.1 Å². The van der Waals surface area contributed by atoms with Gasteiger partial charge >= 0.3 is 5.97 Å². The summed E-state index contributed by atoms with van der Waals surface area (Å²) >= 11 is 5.99. The molecule has 0 saturated carbocycles. The van der Waals surface area contributed by atoms with Crippen molar-refractivity contribution in [2.45, 2.75) is 0 Å². The Morgan fingerprint density at radius 2 is 2.07 bits per heavy atom. The third-order valence-corrected chi connectivity index (χ3v) is 2.34. The lowest BCUT2D eigenvalue weighted by molar-refractivity contribution is 0.0600. The van der Waals surface area contributed by atoms with E-state index in [4.69, 9.17) is 16.3 Å². The van der Waals surface area contributed by atoms with Crippen molar-refractivity contribution in [2.75, 3.05) is 26.6 Å². The minimum absolute atomic E-state index is 0.392. The standard InChI is InChI=1S/C10H12ClNO3/c1-12-7-4-6(10(13)15-3)5-8(14-2)9(7)11/h4-5,12H,1-3H3. The molecule has 0 aliphatic heterocycles. The highest BCUT2D eigenvalue weighted by Gasteiger charge is 2.13. The van der Waals surface area contributed by atoms with Crippen molar-refractivity contribution in [1.82, 2.24) is 0 Å². The van der Waals surface area contributed by atoms with Gasteiger partial charge in [0.2, 0.25) is 0 Å². The summed E-state index contributed by atoms with van der Waals surface area (Å²) in [6, 6.07) is 3.14. The van der Waals surface area contributed by atoms with Crippen LogP contribution in [0.25, 0.3) is 0 Å². The van der Waals surface area contributed by atoms with Gasteiger partial charge in [-0.15, -0.1) is 0 Å².